The van der Waals surface area contributed by atoms with Crippen molar-refractivity contribution in [3.8, 4) is 17.1 Å². The van der Waals surface area contributed by atoms with Crippen molar-refractivity contribution in [3.63, 3.8) is 0 Å². The van der Waals surface area contributed by atoms with Gasteiger partial charge in [0, 0.05) is 25.3 Å². The van der Waals surface area contributed by atoms with Crippen LogP contribution in [0.3, 0.4) is 0 Å². The third-order valence-electron chi connectivity index (χ3n) is 3.76. The van der Waals surface area contributed by atoms with E-state index in [-0.39, 0.29) is 10.2 Å². The Hall–Kier alpha value is -2.19. The largest absolute Gasteiger partial charge is 0.474 e. The Kier molecular flexibility index (Phi) is 4.66. The standard InChI is InChI=1S/C16H15Cl2F2N5O/c1-16(2,26-12-10(19)5-8(17)6-11(12)20)15-22-21-14(25(15)4)9-7-24(3)23-13(9)18/h5-7H,1-4H3. The number of aromatic nitrogens is 5. The monoisotopic (exact) mass is 401 g/mol. The third kappa shape index (κ3) is 3.26. The highest BCUT2D eigenvalue weighted by Gasteiger charge is 2.32. The molecule has 2 aromatic heterocycles. The minimum absolute atomic E-state index is 0.0580. The van der Waals surface area contributed by atoms with Gasteiger partial charge in [0.15, 0.2) is 39.8 Å². The first-order valence-electron chi connectivity index (χ1n) is 7.53. The second-order valence-electron chi connectivity index (χ2n) is 6.22. The molecule has 3 aromatic rings. The van der Waals surface area contributed by atoms with Crippen LogP contribution in [0.4, 0.5) is 8.78 Å². The molecule has 138 valence electrons. The van der Waals surface area contributed by atoms with Crippen LogP contribution in [0, 0.1) is 11.6 Å². The van der Waals surface area contributed by atoms with Gasteiger partial charge in [-0.25, -0.2) is 8.78 Å². The SMILES string of the molecule is Cn1cc(-c2nnc(C(C)(C)Oc3c(F)cc(Cl)cc3F)n2C)c(Cl)n1. The summed E-state index contributed by atoms with van der Waals surface area (Å²) in [7, 11) is 3.43. The topological polar surface area (TPSA) is 57.8 Å². The molecule has 6 nitrogen and oxygen atoms in total. The van der Waals surface area contributed by atoms with Crippen LogP contribution < -0.4 is 4.74 Å². The lowest BCUT2D eigenvalue weighted by molar-refractivity contribution is 0.0836. The van der Waals surface area contributed by atoms with Crippen LogP contribution in [0.1, 0.15) is 19.7 Å². The molecule has 2 heterocycles. The lowest BCUT2D eigenvalue weighted by atomic mass is 10.1. The Bertz CT molecular complexity index is 960. The maximum Gasteiger partial charge on any atom is 0.192 e. The zero-order valence-corrected chi connectivity index (χ0v) is 15.9. The van der Waals surface area contributed by atoms with E-state index in [0.717, 1.165) is 12.1 Å². The summed E-state index contributed by atoms with van der Waals surface area (Å²) in [5.41, 5.74) is -0.612. The number of ether oxygens (including phenoxy) is 1. The summed E-state index contributed by atoms with van der Waals surface area (Å²) in [4.78, 5) is 0. The molecule has 0 amide bonds. The average Bonchev–Trinajstić information content (AvgIpc) is 3.05. The van der Waals surface area contributed by atoms with Crippen LogP contribution in [0.15, 0.2) is 18.3 Å². The van der Waals surface area contributed by atoms with Gasteiger partial charge in [0.2, 0.25) is 0 Å². The predicted octanol–water partition coefficient (Wildman–Crippen LogP) is 4.11. The molecule has 3 rings (SSSR count). The van der Waals surface area contributed by atoms with Crippen molar-refractivity contribution in [1.82, 2.24) is 24.5 Å². The van der Waals surface area contributed by atoms with Gasteiger partial charge in [-0.1, -0.05) is 23.2 Å². The van der Waals surface area contributed by atoms with Crippen molar-refractivity contribution in [2.24, 2.45) is 14.1 Å². The van der Waals surface area contributed by atoms with Gasteiger partial charge in [-0.15, -0.1) is 10.2 Å². The summed E-state index contributed by atoms with van der Waals surface area (Å²) in [6.07, 6.45) is 1.70. The molecule has 0 aliphatic heterocycles. The second kappa shape index (κ2) is 6.51. The van der Waals surface area contributed by atoms with E-state index in [1.165, 1.54) is 0 Å². The maximum atomic E-state index is 14.1. The molecule has 0 N–H and O–H groups in total. The fourth-order valence-corrected chi connectivity index (χ4v) is 3.07. The summed E-state index contributed by atoms with van der Waals surface area (Å²) >= 11 is 11.7. The highest BCUT2D eigenvalue weighted by atomic mass is 35.5. The van der Waals surface area contributed by atoms with Crippen molar-refractivity contribution >= 4 is 23.2 Å². The van der Waals surface area contributed by atoms with Crippen molar-refractivity contribution in [2.45, 2.75) is 19.4 Å². The molecular weight excluding hydrogens is 387 g/mol. The Morgan fingerprint density at radius 2 is 1.69 bits per heavy atom. The number of benzene rings is 1. The molecule has 0 radical (unpaired) electrons. The Balaban J connectivity index is 2.00. The van der Waals surface area contributed by atoms with Crippen molar-refractivity contribution < 1.29 is 13.5 Å². The van der Waals surface area contributed by atoms with Crippen LogP contribution >= 0.6 is 23.2 Å². The highest BCUT2D eigenvalue weighted by Crippen LogP contribution is 2.34. The fraction of sp³-hybridized carbons (Fsp3) is 0.312. The normalized spacial score (nSPS) is 11.8. The molecule has 0 spiro atoms. The molecule has 0 fully saturated rings. The molecule has 0 saturated carbocycles. The highest BCUT2D eigenvalue weighted by molar-refractivity contribution is 6.32. The number of halogens is 4. The molecular formula is C16H15Cl2F2N5O. The van der Waals surface area contributed by atoms with Gasteiger partial charge in [0.05, 0.1) is 5.56 Å². The first kappa shape index (κ1) is 18.6. The zero-order valence-electron chi connectivity index (χ0n) is 14.4. The third-order valence-corrected chi connectivity index (χ3v) is 4.26. The smallest absolute Gasteiger partial charge is 0.192 e. The lowest BCUT2D eigenvalue weighted by Crippen LogP contribution is -2.30. The number of hydrogen-bond acceptors (Lipinski definition) is 4. The summed E-state index contributed by atoms with van der Waals surface area (Å²) in [6.45, 7) is 3.25. The fourth-order valence-electron chi connectivity index (χ4n) is 2.63. The summed E-state index contributed by atoms with van der Waals surface area (Å²) in [6, 6.07) is 1.96. The van der Waals surface area contributed by atoms with E-state index in [1.54, 1.807) is 43.4 Å². The summed E-state index contributed by atoms with van der Waals surface area (Å²) < 4.78 is 36.9. The predicted molar refractivity (Wildman–Crippen MR) is 93.2 cm³/mol. The molecule has 26 heavy (non-hydrogen) atoms. The van der Waals surface area contributed by atoms with Crippen LogP contribution in [0.2, 0.25) is 10.2 Å². The van der Waals surface area contributed by atoms with Crippen molar-refractivity contribution in [3.05, 3.63) is 46.0 Å². The van der Waals surface area contributed by atoms with Crippen molar-refractivity contribution in [2.75, 3.05) is 0 Å². The molecule has 0 atom stereocenters. The average molecular weight is 402 g/mol. The summed E-state index contributed by atoms with van der Waals surface area (Å²) in [5.74, 6) is -1.54. The lowest BCUT2D eigenvalue weighted by Gasteiger charge is -2.26. The van der Waals surface area contributed by atoms with Gasteiger partial charge in [-0.05, 0) is 26.0 Å². The first-order chi connectivity index (χ1) is 12.1. The zero-order chi connectivity index (χ0) is 19.2. The molecule has 0 unspecified atom stereocenters. The molecule has 0 aliphatic rings. The van der Waals surface area contributed by atoms with Gasteiger partial charge in [0.25, 0.3) is 0 Å². The Labute approximate surface area is 158 Å². The van der Waals surface area contributed by atoms with E-state index in [2.05, 4.69) is 15.3 Å². The first-order valence-corrected chi connectivity index (χ1v) is 8.28. The Morgan fingerprint density at radius 3 is 2.23 bits per heavy atom. The Morgan fingerprint density at radius 1 is 1.08 bits per heavy atom. The molecule has 1 aromatic carbocycles. The minimum Gasteiger partial charge on any atom is -0.474 e. The van der Waals surface area contributed by atoms with Crippen LogP contribution in [-0.2, 0) is 19.7 Å². The van der Waals surface area contributed by atoms with E-state index in [9.17, 15) is 8.78 Å². The molecule has 10 heteroatoms. The number of hydrogen-bond donors (Lipinski definition) is 0. The van der Waals surface area contributed by atoms with E-state index in [1.807, 2.05) is 0 Å². The summed E-state index contributed by atoms with van der Waals surface area (Å²) in [5, 5.41) is 12.5. The van der Waals surface area contributed by atoms with Gasteiger partial charge in [-0.3, -0.25) is 4.68 Å². The number of nitrogens with zero attached hydrogens (tertiary/aromatic N) is 5. The van der Waals surface area contributed by atoms with Gasteiger partial charge in [-0.2, -0.15) is 5.10 Å². The van der Waals surface area contributed by atoms with E-state index in [0.29, 0.717) is 17.2 Å². The van der Waals surface area contributed by atoms with Gasteiger partial charge in [0.1, 0.15) is 0 Å². The number of rotatable bonds is 4. The van der Waals surface area contributed by atoms with E-state index in [4.69, 9.17) is 27.9 Å². The van der Waals surface area contributed by atoms with E-state index < -0.39 is 23.0 Å². The minimum atomic E-state index is -1.19. The molecule has 0 aliphatic carbocycles. The molecule has 0 saturated heterocycles. The second-order valence-corrected chi connectivity index (χ2v) is 7.02. The van der Waals surface area contributed by atoms with Crippen LogP contribution in [0.25, 0.3) is 11.4 Å². The maximum absolute atomic E-state index is 14.1. The quantitative estimate of drug-likeness (QED) is 0.659. The van der Waals surface area contributed by atoms with Gasteiger partial charge < -0.3 is 9.30 Å². The van der Waals surface area contributed by atoms with Crippen LogP contribution in [-0.4, -0.2) is 24.5 Å². The van der Waals surface area contributed by atoms with Gasteiger partial charge >= 0.3 is 0 Å². The molecule has 0 bridgehead atoms. The number of aryl methyl sites for hydroxylation is 1. The van der Waals surface area contributed by atoms with E-state index >= 15 is 0 Å². The van der Waals surface area contributed by atoms with Crippen LogP contribution in [0.5, 0.6) is 5.75 Å². The van der Waals surface area contributed by atoms with Crippen molar-refractivity contribution in [1.29, 1.82) is 0 Å².